The molecule has 1 aliphatic heterocycles. The van der Waals surface area contributed by atoms with Crippen LogP contribution < -0.4 is 0 Å². The van der Waals surface area contributed by atoms with E-state index in [0.29, 0.717) is 5.92 Å². The van der Waals surface area contributed by atoms with E-state index in [1.54, 1.807) is 0 Å². The van der Waals surface area contributed by atoms with Crippen molar-refractivity contribution in [3.8, 4) is 0 Å². The van der Waals surface area contributed by atoms with Crippen molar-refractivity contribution in [2.45, 2.75) is 25.7 Å². The quantitative estimate of drug-likeness (QED) is 0.529. The Bertz CT molecular complexity index is 156. The van der Waals surface area contributed by atoms with Crippen LogP contribution in [0, 0.1) is 12.1 Å². The molecule has 53 valence electrons. The van der Waals surface area contributed by atoms with Gasteiger partial charge in [-0.05, 0) is 12.8 Å². The van der Waals surface area contributed by atoms with E-state index in [2.05, 4.69) is 15.2 Å². The molecule has 0 spiro atoms. The van der Waals surface area contributed by atoms with Crippen LogP contribution in [0.2, 0.25) is 0 Å². The maximum absolute atomic E-state index is 4.08. The third-order valence-electron chi connectivity index (χ3n) is 2.12. The third kappa shape index (κ3) is 0.958. The monoisotopic (exact) mass is 136 g/mol. The van der Waals surface area contributed by atoms with E-state index < -0.39 is 0 Å². The van der Waals surface area contributed by atoms with Gasteiger partial charge in [0.2, 0.25) is 6.17 Å². The Kier molecular flexibility index (Phi) is 1.49. The average Bonchev–Trinajstić information content (AvgIpc) is 2.59. The molecular formula is C7H10N3. The highest BCUT2D eigenvalue weighted by atomic mass is 15.3. The molecule has 0 amide bonds. The maximum atomic E-state index is 4.08. The molecule has 1 aliphatic carbocycles. The minimum absolute atomic E-state index is 0.613. The molecule has 0 unspecified atom stereocenters. The Hall–Kier alpha value is -0.730. The predicted octanol–water partition coefficient (Wildman–Crippen LogP) is 2.16. The van der Waals surface area contributed by atoms with Gasteiger partial charge < -0.3 is 0 Å². The van der Waals surface area contributed by atoms with Gasteiger partial charge in [-0.3, -0.25) is 0 Å². The van der Waals surface area contributed by atoms with Crippen LogP contribution in [0.3, 0.4) is 0 Å². The molecule has 0 aromatic carbocycles. The second-order valence-electron chi connectivity index (χ2n) is 2.80. The first-order chi connectivity index (χ1) is 4.97. The molecule has 1 fully saturated rings. The van der Waals surface area contributed by atoms with E-state index in [-0.39, 0.29) is 0 Å². The SMILES string of the molecule is C1=N[C](C2CCCC2)N=N1. The van der Waals surface area contributed by atoms with Gasteiger partial charge in [-0.1, -0.05) is 12.8 Å². The first-order valence-electron chi connectivity index (χ1n) is 3.77. The van der Waals surface area contributed by atoms with Crippen molar-refractivity contribution in [2.75, 3.05) is 0 Å². The lowest BCUT2D eigenvalue weighted by atomic mass is 10.1. The normalized spacial score (nSPS) is 26.8. The maximum Gasteiger partial charge on any atom is 0.222 e. The smallest absolute Gasteiger partial charge is 0.222 e. The zero-order valence-corrected chi connectivity index (χ0v) is 5.82. The van der Waals surface area contributed by atoms with E-state index in [1.807, 2.05) is 0 Å². The molecule has 0 aromatic heterocycles. The number of aliphatic imine (C=N–C) groups is 1. The summed E-state index contributed by atoms with van der Waals surface area (Å²) in [4.78, 5) is 4.08. The molecule has 0 bridgehead atoms. The Morgan fingerprint density at radius 3 is 2.70 bits per heavy atom. The third-order valence-corrected chi connectivity index (χ3v) is 2.12. The summed E-state index contributed by atoms with van der Waals surface area (Å²) in [7, 11) is 0. The summed E-state index contributed by atoms with van der Waals surface area (Å²) in [5.74, 6) is 0.613. The summed E-state index contributed by atoms with van der Waals surface area (Å²) in [5.41, 5.74) is 0. The highest BCUT2D eigenvalue weighted by Gasteiger charge is 2.26. The summed E-state index contributed by atoms with van der Waals surface area (Å²) in [5, 5.41) is 7.64. The summed E-state index contributed by atoms with van der Waals surface area (Å²) >= 11 is 0. The lowest BCUT2D eigenvalue weighted by Crippen LogP contribution is -2.00. The van der Waals surface area contributed by atoms with Gasteiger partial charge >= 0.3 is 0 Å². The molecule has 1 heterocycles. The first-order valence-corrected chi connectivity index (χ1v) is 3.77. The van der Waals surface area contributed by atoms with Gasteiger partial charge in [0.25, 0.3) is 0 Å². The highest BCUT2D eigenvalue weighted by molar-refractivity contribution is 5.57. The van der Waals surface area contributed by atoms with Crippen molar-refractivity contribution in [3.05, 3.63) is 6.17 Å². The van der Waals surface area contributed by atoms with Gasteiger partial charge in [0.1, 0.15) is 6.34 Å². The van der Waals surface area contributed by atoms with Gasteiger partial charge in [-0.2, -0.15) is 5.11 Å². The Morgan fingerprint density at radius 2 is 2.10 bits per heavy atom. The lowest BCUT2D eigenvalue weighted by molar-refractivity contribution is 0.548. The van der Waals surface area contributed by atoms with Gasteiger partial charge in [0.15, 0.2) is 0 Å². The fourth-order valence-electron chi connectivity index (χ4n) is 1.57. The molecule has 10 heavy (non-hydrogen) atoms. The first kappa shape index (κ1) is 6.01. The van der Waals surface area contributed by atoms with Crippen LogP contribution in [0.5, 0.6) is 0 Å². The molecule has 2 aliphatic rings. The van der Waals surface area contributed by atoms with Crippen LogP contribution in [0.1, 0.15) is 25.7 Å². The van der Waals surface area contributed by atoms with Crippen molar-refractivity contribution in [1.29, 1.82) is 0 Å². The number of rotatable bonds is 1. The number of hydrogen-bond donors (Lipinski definition) is 0. The molecular weight excluding hydrogens is 126 g/mol. The molecule has 3 heteroatoms. The minimum Gasteiger partial charge on any atom is -0.235 e. The number of nitrogens with zero attached hydrogens (tertiary/aromatic N) is 3. The Labute approximate surface area is 60.3 Å². The molecule has 0 N–H and O–H groups in total. The summed E-state index contributed by atoms with van der Waals surface area (Å²) in [6, 6.07) is 0. The summed E-state index contributed by atoms with van der Waals surface area (Å²) in [6.07, 6.45) is 7.67. The zero-order valence-electron chi connectivity index (χ0n) is 5.82. The fraction of sp³-hybridized carbons (Fsp3) is 0.714. The van der Waals surface area contributed by atoms with Gasteiger partial charge in [-0.25, -0.2) is 4.99 Å². The average molecular weight is 136 g/mol. The van der Waals surface area contributed by atoms with Crippen LogP contribution in [0.15, 0.2) is 15.2 Å². The lowest BCUT2D eigenvalue weighted by Gasteiger charge is -2.07. The van der Waals surface area contributed by atoms with Crippen molar-refractivity contribution >= 4 is 6.34 Å². The predicted molar refractivity (Wildman–Crippen MR) is 38.5 cm³/mol. The molecule has 1 radical (unpaired) electrons. The second kappa shape index (κ2) is 2.48. The highest BCUT2D eigenvalue weighted by Crippen LogP contribution is 2.35. The molecule has 0 aromatic rings. The van der Waals surface area contributed by atoms with E-state index in [1.165, 1.54) is 32.0 Å². The van der Waals surface area contributed by atoms with Crippen LogP contribution in [0.4, 0.5) is 0 Å². The van der Waals surface area contributed by atoms with E-state index >= 15 is 0 Å². The molecule has 1 saturated carbocycles. The summed E-state index contributed by atoms with van der Waals surface area (Å²) < 4.78 is 0. The molecule has 0 saturated heterocycles. The van der Waals surface area contributed by atoms with Crippen molar-refractivity contribution in [3.63, 3.8) is 0 Å². The van der Waals surface area contributed by atoms with Crippen LogP contribution >= 0.6 is 0 Å². The number of hydrogen-bond acceptors (Lipinski definition) is 3. The van der Waals surface area contributed by atoms with Gasteiger partial charge in [0, 0.05) is 5.92 Å². The van der Waals surface area contributed by atoms with Crippen LogP contribution in [-0.4, -0.2) is 6.34 Å². The fourth-order valence-corrected chi connectivity index (χ4v) is 1.57. The van der Waals surface area contributed by atoms with Gasteiger partial charge in [0.05, 0.1) is 0 Å². The second-order valence-corrected chi connectivity index (χ2v) is 2.80. The standard InChI is InChI=1S/C7H10N3/c1-2-4-6(3-1)7-8-5-9-10-7/h5-6H,1-4H2. The molecule has 2 rings (SSSR count). The topological polar surface area (TPSA) is 37.1 Å². The zero-order chi connectivity index (χ0) is 6.81. The Morgan fingerprint density at radius 1 is 1.30 bits per heavy atom. The molecule has 0 atom stereocenters. The minimum atomic E-state index is 0.613. The van der Waals surface area contributed by atoms with Gasteiger partial charge in [-0.15, -0.1) is 5.11 Å². The van der Waals surface area contributed by atoms with E-state index in [0.717, 1.165) is 6.17 Å². The van der Waals surface area contributed by atoms with Crippen LogP contribution in [-0.2, 0) is 0 Å². The van der Waals surface area contributed by atoms with Crippen molar-refractivity contribution in [2.24, 2.45) is 21.1 Å². The number of azo groups is 1. The summed E-state index contributed by atoms with van der Waals surface area (Å²) in [6.45, 7) is 0. The van der Waals surface area contributed by atoms with E-state index in [4.69, 9.17) is 0 Å². The van der Waals surface area contributed by atoms with Crippen molar-refractivity contribution < 1.29 is 0 Å². The van der Waals surface area contributed by atoms with Crippen LogP contribution in [0.25, 0.3) is 0 Å². The van der Waals surface area contributed by atoms with Crippen molar-refractivity contribution in [1.82, 2.24) is 0 Å². The molecule has 3 nitrogen and oxygen atoms in total. The Balaban J connectivity index is 1.98. The largest absolute Gasteiger partial charge is 0.235 e. The van der Waals surface area contributed by atoms with E-state index in [9.17, 15) is 0 Å².